The molecule has 5 heteroatoms. The normalized spacial score (nSPS) is 31.2. The van der Waals surface area contributed by atoms with E-state index >= 15 is 0 Å². The fourth-order valence-electron chi connectivity index (χ4n) is 2.55. The third-order valence-electron chi connectivity index (χ3n) is 3.54. The maximum absolute atomic E-state index is 11.5. The topological polar surface area (TPSA) is 66.4 Å². The summed E-state index contributed by atoms with van der Waals surface area (Å²) in [5.74, 6) is 1.29. The lowest BCUT2D eigenvalue weighted by Gasteiger charge is -2.28. The van der Waals surface area contributed by atoms with E-state index in [1.165, 1.54) is 12.8 Å². The minimum atomic E-state index is -2.82. The van der Waals surface area contributed by atoms with Crippen molar-refractivity contribution in [3.63, 3.8) is 0 Å². The molecule has 0 aromatic rings. The molecule has 2 N–H and O–H groups in total. The third-order valence-corrected chi connectivity index (χ3v) is 5.36. The highest BCUT2D eigenvalue weighted by Gasteiger charge is 2.34. The van der Waals surface area contributed by atoms with E-state index in [1.807, 2.05) is 0 Å². The van der Waals surface area contributed by atoms with Crippen molar-refractivity contribution in [2.45, 2.75) is 44.2 Å². The van der Waals surface area contributed by atoms with Gasteiger partial charge in [-0.25, -0.2) is 8.42 Å². The molecule has 4 nitrogen and oxygen atoms in total. The average molecular weight is 247 g/mol. The van der Waals surface area contributed by atoms with Crippen LogP contribution in [0.3, 0.4) is 0 Å². The highest BCUT2D eigenvalue weighted by Crippen LogP contribution is 2.34. The monoisotopic (exact) mass is 247 g/mol. The van der Waals surface area contributed by atoms with Crippen molar-refractivity contribution in [2.75, 3.05) is 18.1 Å². The van der Waals surface area contributed by atoms with Gasteiger partial charge in [0.2, 0.25) is 0 Å². The molecular formula is C11H21NO3S. The number of rotatable bonds is 5. The molecule has 0 spiro atoms. The number of nitrogens with one attached hydrogen (secondary N) is 1. The van der Waals surface area contributed by atoms with Gasteiger partial charge in [-0.2, -0.15) is 0 Å². The van der Waals surface area contributed by atoms with Gasteiger partial charge in [-0.3, -0.25) is 0 Å². The molecule has 2 atom stereocenters. The molecule has 1 aliphatic heterocycles. The molecule has 1 aliphatic carbocycles. The highest BCUT2D eigenvalue weighted by atomic mass is 32.2. The number of aliphatic hydroxyl groups excluding tert-OH is 1. The first-order valence-electron chi connectivity index (χ1n) is 6.18. The Morgan fingerprint density at radius 2 is 2.06 bits per heavy atom. The SMILES string of the molecule is O=S1(=O)CCCC(NC(CCO)C2CC2)C1. The Balaban J connectivity index is 1.87. The van der Waals surface area contributed by atoms with Crippen LogP contribution >= 0.6 is 0 Å². The van der Waals surface area contributed by atoms with Gasteiger partial charge in [-0.05, 0) is 38.0 Å². The number of hydrogen-bond acceptors (Lipinski definition) is 4. The van der Waals surface area contributed by atoms with Gasteiger partial charge in [0.05, 0.1) is 11.5 Å². The number of aliphatic hydroxyl groups is 1. The molecule has 94 valence electrons. The smallest absolute Gasteiger partial charge is 0.151 e. The van der Waals surface area contributed by atoms with E-state index in [4.69, 9.17) is 5.11 Å². The number of sulfone groups is 1. The summed E-state index contributed by atoms with van der Waals surface area (Å²) in [7, 11) is -2.82. The van der Waals surface area contributed by atoms with Crippen molar-refractivity contribution in [1.82, 2.24) is 5.32 Å². The van der Waals surface area contributed by atoms with Crippen LogP contribution in [0.2, 0.25) is 0 Å². The predicted molar refractivity (Wildman–Crippen MR) is 63.0 cm³/mol. The zero-order valence-electron chi connectivity index (χ0n) is 9.56. The molecule has 1 saturated heterocycles. The summed E-state index contributed by atoms with van der Waals surface area (Å²) in [4.78, 5) is 0. The van der Waals surface area contributed by atoms with E-state index in [-0.39, 0.29) is 18.4 Å². The molecule has 0 aromatic carbocycles. The second kappa shape index (κ2) is 5.02. The third kappa shape index (κ3) is 3.43. The van der Waals surface area contributed by atoms with Crippen molar-refractivity contribution in [2.24, 2.45) is 5.92 Å². The summed E-state index contributed by atoms with van der Waals surface area (Å²) in [5.41, 5.74) is 0. The maximum Gasteiger partial charge on any atom is 0.151 e. The molecular weight excluding hydrogens is 226 g/mol. The Morgan fingerprint density at radius 1 is 1.31 bits per heavy atom. The van der Waals surface area contributed by atoms with E-state index in [1.54, 1.807) is 0 Å². The minimum Gasteiger partial charge on any atom is -0.396 e. The van der Waals surface area contributed by atoms with Crippen LogP contribution in [0.15, 0.2) is 0 Å². The Hall–Kier alpha value is -0.130. The number of hydrogen-bond donors (Lipinski definition) is 2. The molecule has 16 heavy (non-hydrogen) atoms. The van der Waals surface area contributed by atoms with Crippen LogP contribution in [0.25, 0.3) is 0 Å². The van der Waals surface area contributed by atoms with E-state index in [0.29, 0.717) is 17.7 Å². The predicted octanol–water partition coefficient (Wildman–Crippen LogP) is 0.314. The molecule has 0 aromatic heterocycles. The Morgan fingerprint density at radius 3 is 2.62 bits per heavy atom. The second-order valence-corrected chi connectivity index (χ2v) is 7.31. The van der Waals surface area contributed by atoms with Gasteiger partial charge in [0, 0.05) is 18.7 Å². The van der Waals surface area contributed by atoms with E-state index < -0.39 is 9.84 Å². The minimum absolute atomic E-state index is 0.107. The van der Waals surface area contributed by atoms with Crippen LogP contribution in [0.1, 0.15) is 32.1 Å². The summed E-state index contributed by atoms with van der Waals surface area (Å²) in [6.45, 7) is 0.188. The molecule has 1 heterocycles. The second-order valence-electron chi connectivity index (χ2n) is 5.08. The summed E-state index contributed by atoms with van der Waals surface area (Å²) in [6.07, 6.45) is 4.92. The van der Waals surface area contributed by atoms with Crippen LogP contribution in [-0.4, -0.2) is 43.7 Å². The largest absolute Gasteiger partial charge is 0.396 e. The van der Waals surface area contributed by atoms with Crippen molar-refractivity contribution < 1.29 is 13.5 Å². The average Bonchev–Trinajstić information content (AvgIpc) is 2.98. The van der Waals surface area contributed by atoms with Crippen LogP contribution in [0, 0.1) is 5.92 Å². The maximum atomic E-state index is 11.5. The zero-order valence-corrected chi connectivity index (χ0v) is 10.4. The molecule has 0 bridgehead atoms. The van der Waals surface area contributed by atoms with Gasteiger partial charge in [-0.1, -0.05) is 0 Å². The summed E-state index contributed by atoms with van der Waals surface area (Å²) < 4.78 is 23.0. The van der Waals surface area contributed by atoms with Gasteiger partial charge in [-0.15, -0.1) is 0 Å². The fourth-order valence-corrected chi connectivity index (χ4v) is 4.20. The van der Waals surface area contributed by atoms with Gasteiger partial charge < -0.3 is 10.4 Å². The summed E-state index contributed by atoms with van der Waals surface area (Å²) in [6, 6.07) is 0.430. The Kier molecular flexibility index (Phi) is 3.87. The summed E-state index contributed by atoms with van der Waals surface area (Å²) >= 11 is 0. The fraction of sp³-hybridized carbons (Fsp3) is 1.00. The molecule has 0 amide bonds. The summed E-state index contributed by atoms with van der Waals surface area (Å²) in [5, 5.41) is 12.4. The molecule has 1 saturated carbocycles. The molecule has 0 radical (unpaired) electrons. The van der Waals surface area contributed by atoms with Crippen molar-refractivity contribution in [3.05, 3.63) is 0 Å². The van der Waals surface area contributed by atoms with Crippen molar-refractivity contribution in [1.29, 1.82) is 0 Å². The molecule has 2 unspecified atom stereocenters. The zero-order chi connectivity index (χ0) is 11.6. The molecule has 2 fully saturated rings. The van der Waals surface area contributed by atoms with Crippen molar-refractivity contribution in [3.8, 4) is 0 Å². The lowest BCUT2D eigenvalue weighted by molar-refractivity contribution is 0.247. The van der Waals surface area contributed by atoms with Gasteiger partial charge in [0.1, 0.15) is 0 Å². The molecule has 2 rings (SSSR count). The van der Waals surface area contributed by atoms with E-state index in [0.717, 1.165) is 19.3 Å². The van der Waals surface area contributed by atoms with Crippen LogP contribution in [0.4, 0.5) is 0 Å². The molecule has 2 aliphatic rings. The van der Waals surface area contributed by atoms with E-state index in [2.05, 4.69) is 5.32 Å². The van der Waals surface area contributed by atoms with Gasteiger partial charge in [0.25, 0.3) is 0 Å². The van der Waals surface area contributed by atoms with Gasteiger partial charge >= 0.3 is 0 Å². The lowest BCUT2D eigenvalue weighted by Crippen LogP contribution is -2.46. The van der Waals surface area contributed by atoms with E-state index in [9.17, 15) is 8.42 Å². The highest BCUT2D eigenvalue weighted by molar-refractivity contribution is 7.91. The Labute approximate surface area is 97.3 Å². The first-order valence-corrected chi connectivity index (χ1v) is 8.00. The first kappa shape index (κ1) is 12.3. The lowest BCUT2D eigenvalue weighted by atomic mass is 10.1. The van der Waals surface area contributed by atoms with Crippen molar-refractivity contribution >= 4 is 9.84 Å². The Bertz CT molecular complexity index is 324. The first-order chi connectivity index (χ1) is 7.61. The van der Waals surface area contributed by atoms with Crippen LogP contribution < -0.4 is 5.32 Å². The quantitative estimate of drug-likeness (QED) is 0.734. The van der Waals surface area contributed by atoms with Crippen LogP contribution in [0.5, 0.6) is 0 Å². The van der Waals surface area contributed by atoms with Gasteiger partial charge in [0.15, 0.2) is 9.84 Å². The standard InChI is InChI=1S/C11H21NO3S/c13-6-5-11(9-3-4-9)12-10-2-1-7-16(14,15)8-10/h9-13H,1-8H2. The van der Waals surface area contributed by atoms with Crippen LogP contribution in [-0.2, 0) is 9.84 Å².